The molecule has 98 valence electrons. The highest BCUT2D eigenvalue weighted by molar-refractivity contribution is 6.02. The number of nitrogens with two attached hydrogens (primary N) is 1. The molecule has 0 aliphatic heterocycles. The number of rotatable bonds is 1. The van der Waals surface area contributed by atoms with E-state index in [0.717, 1.165) is 28.5 Å². The molecule has 0 bridgehead atoms. The summed E-state index contributed by atoms with van der Waals surface area (Å²) in [5, 5.41) is 1.11. The van der Waals surface area contributed by atoms with Crippen molar-refractivity contribution in [2.45, 2.75) is 27.3 Å². The van der Waals surface area contributed by atoms with Gasteiger partial charge in [-0.1, -0.05) is 39.0 Å². The molecule has 19 heavy (non-hydrogen) atoms. The van der Waals surface area contributed by atoms with E-state index in [-0.39, 0.29) is 5.41 Å². The van der Waals surface area contributed by atoms with Gasteiger partial charge in [-0.05, 0) is 11.5 Å². The molecule has 0 saturated carbocycles. The highest BCUT2D eigenvalue weighted by Crippen LogP contribution is 2.28. The molecule has 0 aliphatic rings. The van der Waals surface area contributed by atoms with Crippen LogP contribution in [0.2, 0.25) is 0 Å². The van der Waals surface area contributed by atoms with Crippen molar-refractivity contribution in [1.29, 1.82) is 0 Å². The second kappa shape index (κ2) is 3.95. The lowest BCUT2D eigenvalue weighted by molar-refractivity contribution is 0.351. The lowest BCUT2D eigenvalue weighted by Crippen LogP contribution is -2.17. The van der Waals surface area contributed by atoms with Crippen LogP contribution in [0, 0.1) is 5.41 Å². The molecule has 0 unspecified atom stereocenters. The van der Waals surface area contributed by atoms with Crippen molar-refractivity contribution in [3.63, 3.8) is 0 Å². The molecule has 0 fully saturated rings. The summed E-state index contributed by atoms with van der Waals surface area (Å²) in [6.07, 6.45) is 1.80. The molecular weight excluding hydrogens is 236 g/mol. The van der Waals surface area contributed by atoms with Crippen LogP contribution in [0.4, 0.5) is 5.95 Å². The normalized spacial score (nSPS) is 12.4. The minimum absolute atomic E-state index is 0.145. The zero-order valence-electron chi connectivity index (χ0n) is 11.5. The summed E-state index contributed by atoms with van der Waals surface area (Å²) in [7, 11) is 0. The third kappa shape index (κ3) is 2.03. The maximum absolute atomic E-state index is 6.08. The van der Waals surface area contributed by atoms with Crippen molar-refractivity contribution >= 4 is 27.9 Å². The van der Waals surface area contributed by atoms with Crippen LogP contribution in [0.1, 0.15) is 20.8 Å². The van der Waals surface area contributed by atoms with E-state index in [0.29, 0.717) is 5.95 Å². The number of anilines is 1. The molecule has 3 aromatic rings. The van der Waals surface area contributed by atoms with Crippen LogP contribution in [0.25, 0.3) is 21.9 Å². The summed E-state index contributed by atoms with van der Waals surface area (Å²) in [6.45, 7) is 7.42. The third-order valence-electron chi connectivity index (χ3n) is 3.14. The van der Waals surface area contributed by atoms with Gasteiger partial charge in [-0.15, -0.1) is 0 Å². The Bertz CT molecular complexity index is 750. The van der Waals surface area contributed by atoms with E-state index in [1.165, 1.54) is 0 Å². The molecule has 0 spiro atoms. The van der Waals surface area contributed by atoms with E-state index in [9.17, 15) is 0 Å². The Balaban J connectivity index is 2.37. The Labute approximate surface area is 112 Å². The monoisotopic (exact) mass is 254 g/mol. The highest BCUT2D eigenvalue weighted by atomic mass is 15.2. The van der Waals surface area contributed by atoms with Crippen LogP contribution in [0.15, 0.2) is 30.5 Å². The van der Waals surface area contributed by atoms with Crippen molar-refractivity contribution < 1.29 is 0 Å². The smallest absolute Gasteiger partial charge is 0.201 e. The molecule has 2 heterocycles. The number of imidazole rings is 1. The van der Waals surface area contributed by atoms with Gasteiger partial charge in [-0.25, -0.2) is 4.98 Å². The van der Waals surface area contributed by atoms with Crippen LogP contribution in [0.5, 0.6) is 0 Å². The van der Waals surface area contributed by atoms with Gasteiger partial charge >= 0.3 is 0 Å². The summed E-state index contributed by atoms with van der Waals surface area (Å²) < 4.78 is 2.10. The number of nitrogens with zero attached hydrogens (tertiary/aromatic N) is 3. The van der Waals surface area contributed by atoms with Crippen LogP contribution in [-0.2, 0) is 6.54 Å². The van der Waals surface area contributed by atoms with Crippen LogP contribution in [0.3, 0.4) is 0 Å². The number of aromatic nitrogens is 3. The Morgan fingerprint density at radius 3 is 2.63 bits per heavy atom. The van der Waals surface area contributed by atoms with Crippen molar-refractivity contribution in [2.75, 3.05) is 5.73 Å². The number of benzene rings is 1. The molecule has 0 saturated heterocycles. The number of pyridine rings is 1. The minimum Gasteiger partial charge on any atom is -0.369 e. The zero-order chi connectivity index (χ0) is 13.6. The number of hydrogen-bond donors (Lipinski definition) is 1. The second-order valence-corrected chi connectivity index (χ2v) is 6.13. The van der Waals surface area contributed by atoms with Gasteiger partial charge < -0.3 is 10.3 Å². The summed E-state index contributed by atoms with van der Waals surface area (Å²) in [5.74, 6) is 0.558. The predicted molar refractivity (Wildman–Crippen MR) is 78.9 cm³/mol. The molecule has 0 atom stereocenters. The van der Waals surface area contributed by atoms with Gasteiger partial charge in [0, 0.05) is 11.9 Å². The number of nitrogen functional groups attached to an aromatic ring is 1. The average molecular weight is 254 g/mol. The SMILES string of the molecule is CC(C)(C)Cn1c(N)nc2cnc3ccccc3c21. The second-order valence-electron chi connectivity index (χ2n) is 6.13. The van der Waals surface area contributed by atoms with Crippen molar-refractivity contribution in [1.82, 2.24) is 14.5 Å². The van der Waals surface area contributed by atoms with Crippen molar-refractivity contribution in [3.8, 4) is 0 Å². The fourth-order valence-electron chi connectivity index (χ4n) is 2.41. The Kier molecular flexibility index (Phi) is 2.49. The summed E-state index contributed by atoms with van der Waals surface area (Å²) in [6, 6.07) is 8.10. The van der Waals surface area contributed by atoms with E-state index in [4.69, 9.17) is 5.73 Å². The zero-order valence-corrected chi connectivity index (χ0v) is 11.5. The van der Waals surface area contributed by atoms with Gasteiger partial charge in [0.15, 0.2) is 0 Å². The maximum Gasteiger partial charge on any atom is 0.201 e. The van der Waals surface area contributed by atoms with E-state index in [2.05, 4.69) is 41.4 Å². The quantitative estimate of drug-likeness (QED) is 0.725. The molecule has 0 aliphatic carbocycles. The fourth-order valence-corrected chi connectivity index (χ4v) is 2.41. The predicted octanol–water partition coefficient (Wildman–Crippen LogP) is 3.21. The highest BCUT2D eigenvalue weighted by Gasteiger charge is 2.18. The van der Waals surface area contributed by atoms with Gasteiger partial charge in [-0.2, -0.15) is 0 Å². The topological polar surface area (TPSA) is 56.7 Å². The Hall–Kier alpha value is -2.10. The first kappa shape index (κ1) is 12.0. The van der Waals surface area contributed by atoms with E-state index in [1.54, 1.807) is 6.20 Å². The van der Waals surface area contributed by atoms with E-state index in [1.807, 2.05) is 18.2 Å². The maximum atomic E-state index is 6.08. The van der Waals surface area contributed by atoms with E-state index < -0.39 is 0 Å². The molecule has 2 aromatic heterocycles. The first-order chi connectivity index (χ1) is 8.96. The number of hydrogen-bond acceptors (Lipinski definition) is 3. The van der Waals surface area contributed by atoms with Crippen LogP contribution < -0.4 is 5.73 Å². The average Bonchev–Trinajstić information content (AvgIpc) is 2.64. The number of fused-ring (bicyclic) bond motifs is 3. The number of para-hydroxylation sites is 1. The molecule has 3 rings (SSSR count). The van der Waals surface area contributed by atoms with Gasteiger partial charge in [0.2, 0.25) is 5.95 Å². The largest absolute Gasteiger partial charge is 0.369 e. The van der Waals surface area contributed by atoms with E-state index >= 15 is 0 Å². The molecule has 4 heteroatoms. The van der Waals surface area contributed by atoms with Gasteiger partial charge in [0.05, 0.1) is 17.2 Å². The first-order valence-corrected chi connectivity index (χ1v) is 6.45. The standard InChI is InChI=1S/C15H18N4/c1-15(2,3)9-19-13-10-6-4-5-7-11(10)17-8-12(13)18-14(19)16/h4-8H,9H2,1-3H3,(H2,16,18). The molecule has 0 radical (unpaired) electrons. The van der Waals surface area contributed by atoms with Crippen molar-refractivity contribution in [2.24, 2.45) is 5.41 Å². The van der Waals surface area contributed by atoms with Crippen LogP contribution >= 0.6 is 0 Å². The minimum atomic E-state index is 0.145. The summed E-state index contributed by atoms with van der Waals surface area (Å²) >= 11 is 0. The first-order valence-electron chi connectivity index (χ1n) is 6.45. The fraction of sp³-hybridized carbons (Fsp3) is 0.333. The molecule has 1 aromatic carbocycles. The lowest BCUT2D eigenvalue weighted by atomic mass is 9.97. The summed E-state index contributed by atoms with van der Waals surface area (Å²) in [4.78, 5) is 8.85. The molecular formula is C15H18N4. The molecule has 0 amide bonds. The molecule has 2 N–H and O–H groups in total. The Morgan fingerprint density at radius 2 is 1.89 bits per heavy atom. The van der Waals surface area contributed by atoms with Crippen LogP contribution in [-0.4, -0.2) is 14.5 Å². The Morgan fingerprint density at radius 1 is 1.16 bits per heavy atom. The summed E-state index contributed by atoms with van der Waals surface area (Å²) in [5.41, 5.74) is 9.14. The van der Waals surface area contributed by atoms with Crippen molar-refractivity contribution in [3.05, 3.63) is 30.5 Å². The molecule has 4 nitrogen and oxygen atoms in total. The third-order valence-corrected chi connectivity index (χ3v) is 3.14. The van der Waals surface area contributed by atoms with Gasteiger partial charge in [0.25, 0.3) is 0 Å². The lowest BCUT2D eigenvalue weighted by Gasteiger charge is -2.20. The van der Waals surface area contributed by atoms with Gasteiger partial charge in [0.1, 0.15) is 5.52 Å². The van der Waals surface area contributed by atoms with Gasteiger partial charge in [-0.3, -0.25) is 4.98 Å².